The normalized spacial score (nSPS) is 25.2. The summed E-state index contributed by atoms with van der Waals surface area (Å²) in [6.45, 7) is 6.17. The monoisotopic (exact) mass is 307 g/mol. The number of thiophene rings is 1. The van der Waals surface area contributed by atoms with Crippen LogP contribution >= 0.6 is 11.3 Å². The fraction of sp³-hybridized carbons (Fsp3) is 0.688. The first kappa shape index (κ1) is 15.0. The van der Waals surface area contributed by atoms with Gasteiger partial charge in [-0.3, -0.25) is 9.69 Å². The van der Waals surface area contributed by atoms with E-state index < -0.39 is 0 Å². The van der Waals surface area contributed by atoms with Crippen molar-refractivity contribution in [2.45, 2.75) is 25.3 Å². The summed E-state index contributed by atoms with van der Waals surface area (Å²) in [5.41, 5.74) is 0. The van der Waals surface area contributed by atoms with Crippen molar-refractivity contribution in [3.05, 3.63) is 22.4 Å². The highest BCUT2D eigenvalue weighted by atomic mass is 32.1. The molecule has 0 N–H and O–H groups in total. The van der Waals surface area contributed by atoms with Crippen LogP contribution < -0.4 is 0 Å². The van der Waals surface area contributed by atoms with Crippen molar-refractivity contribution in [3.8, 4) is 0 Å². The van der Waals surface area contributed by atoms with Crippen LogP contribution in [0.1, 0.15) is 28.9 Å². The Hall–Kier alpha value is -0.910. The van der Waals surface area contributed by atoms with Crippen molar-refractivity contribution >= 4 is 17.2 Å². The molecule has 0 radical (unpaired) electrons. The Bertz CT molecular complexity index is 454. The molecule has 2 aliphatic heterocycles. The predicted octanol–water partition coefficient (Wildman–Crippen LogP) is 1.99. The van der Waals surface area contributed by atoms with E-state index in [1.165, 1.54) is 25.8 Å². The second-order valence-electron chi connectivity index (χ2n) is 6.20. The maximum Gasteiger partial charge on any atom is 0.264 e. The summed E-state index contributed by atoms with van der Waals surface area (Å²) >= 11 is 1.54. The molecule has 4 nitrogen and oxygen atoms in total. The first-order chi connectivity index (χ1) is 10.2. The Morgan fingerprint density at radius 3 is 2.71 bits per heavy atom. The average molecular weight is 307 g/mol. The number of likely N-dealkylation sites (N-methyl/N-ethyl adjacent to an activating group) is 1. The van der Waals surface area contributed by atoms with Gasteiger partial charge in [-0.15, -0.1) is 11.3 Å². The van der Waals surface area contributed by atoms with Crippen LogP contribution in [0, 0.1) is 0 Å². The number of carbonyl (C=O) groups is 1. The number of rotatable bonds is 3. The molecule has 2 saturated heterocycles. The lowest BCUT2D eigenvalue weighted by molar-refractivity contribution is 0.0569. The maximum absolute atomic E-state index is 12.3. The van der Waals surface area contributed by atoms with Gasteiger partial charge in [-0.2, -0.15) is 0 Å². The van der Waals surface area contributed by atoms with Gasteiger partial charge >= 0.3 is 0 Å². The van der Waals surface area contributed by atoms with E-state index in [2.05, 4.69) is 16.8 Å². The number of piperazine rings is 1. The van der Waals surface area contributed by atoms with Crippen LogP contribution in [0.25, 0.3) is 0 Å². The second-order valence-corrected chi connectivity index (χ2v) is 7.15. The SMILES string of the molecule is CN1CCCCC1CN1CCN(C(=O)c2cccs2)CC1. The Balaban J connectivity index is 1.47. The van der Waals surface area contributed by atoms with E-state index in [1.807, 2.05) is 22.4 Å². The smallest absolute Gasteiger partial charge is 0.264 e. The molecule has 1 aromatic heterocycles. The Kier molecular flexibility index (Phi) is 4.93. The summed E-state index contributed by atoms with van der Waals surface area (Å²) in [7, 11) is 2.25. The van der Waals surface area contributed by atoms with E-state index in [1.54, 1.807) is 11.3 Å². The average Bonchev–Trinajstić information content (AvgIpc) is 3.04. The highest BCUT2D eigenvalue weighted by Crippen LogP contribution is 2.18. The molecule has 0 spiro atoms. The summed E-state index contributed by atoms with van der Waals surface area (Å²) in [5.74, 6) is 0.208. The van der Waals surface area contributed by atoms with E-state index in [0.29, 0.717) is 6.04 Å². The summed E-state index contributed by atoms with van der Waals surface area (Å²) in [6, 6.07) is 4.59. The predicted molar refractivity (Wildman–Crippen MR) is 86.9 cm³/mol. The van der Waals surface area contributed by atoms with Crippen molar-refractivity contribution < 1.29 is 4.79 Å². The molecule has 0 saturated carbocycles. The van der Waals surface area contributed by atoms with Gasteiger partial charge in [-0.1, -0.05) is 12.5 Å². The van der Waals surface area contributed by atoms with Crippen molar-refractivity contribution in [3.63, 3.8) is 0 Å². The van der Waals surface area contributed by atoms with Crippen molar-refractivity contribution in [1.82, 2.24) is 14.7 Å². The zero-order valence-electron chi connectivity index (χ0n) is 12.8. The molecule has 1 aromatic rings. The molecular weight excluding hydrogens is 282 g/mol. The number of amides is 1. The van der Waals surface area contributed by atoms with E-state index in [4.69, 9.17) is 0 Å². The molecule has 21 heavy (non-hydrogen) atoms. The zero-order valence-corrected chi connectivity index (χ0v) is 13.6. The third-order valence-corrected chi connectivity index (χ3v) is 5.64. The largest absolute Gasteiger partial charge is 0.335 e. The molecule has 0 bridgehead atoms. The molecule has 5 heteroatoms. The molecule has 3 heterocycles. The molecule has 1 unspecified atom stereocenters. The topological polar surface area (TPSA) is 26.8 Å². The molecular formula is C16H25N3OS. The number of hydrogen-bond acceptors (Lipinski definition) is 4. The van der Waals surface area contributed by atoms with Crippen LogP contribution in [0.15, 0.2) is 17.5 Å². The molecule has 0 aromatic carbocycles. The van der Waals surface area contributed by atoms with Crippen molar-refractivity contribution in [2.24, 2.45) is 0 Å². The van der Waals surface area contributed by atoms with Gasteiger partial charge in [0.15, 0.2) is 0 Å². The number of nitrogens with zero attached hydrogens (tertiary/aromatic N) is 3. The fourth-order valence-corrected chi connectivity index (χ4v) is 4.05. The lowest BCUT2D eigenvalue weighted by atomic mass is 10.0. The van der Waals surface area contributed by atoms with Crippen LogP contribution in [0.2, 0.25) is 0 Å². The van der Waals surface area contributed by atoms with Crippen molar-refractivity contribution in [2.75, 3.05) is 46.3 Å². The van der Waals surface area contributed by atoms with Gasteiger partial charge in [0.1, 0.15) is 0 Å². The Morgan fingerprint density at radius 1 is 1.24 bits per heavy atom. The van der Waals surface area contributed by atoms with E-state index in [9.17, 15) is 4.79 Å². The molecule has 0 aliphatic carbocycles. The lowest BCUT2D eigenvalue weighted by Gasteiger charge is -2.40. The van der Waals surface area contributed by atoms with Crippen LogP contribution in [0.5, 0.6) is 0 Å². The van der Waals surface area contributed by atoms with E-state index in [-0.39, 0.29) is 5.91 Å². The van der Waals surface area contributed by atoms with E-state index >= 15 is 0 Å². The number of likely N-dealkylation sites (tertiary alicyclic amines) is 1. The minimum absolute atomic E-state index is 0.208. The Labute approximate surface area is 131 Å². The lowest BCUT2D eigenvalue weighted by Crippen LogP contribution is -2.52. The molecule has 1 atom stereocenters. The first-order valence-electron chi connectivity index (χ1n) is 7.99. The minimum Gasteiger partial charge on any atom is -0.335 e. The van der Waals surface area contributed by atoms with Gasteiger partial charge in [0.25, 0.3) is 5.91 Å². The van der Waals surface area contributed by atoms with Gasteiger partial charge in [0.05, 0.1) is 4.88 Å². The van der Waals surface area contributed by atoms with Gasteiger partial charge in [0.2, 0.25) is 0 Å². The number of piperidine rings is 1. The summed E-state index contributed by atoms with van der Waals surface area (Å²) in [5, 5.41) is 1.97. The van der Waals surface area contributed by atoms with Gasteiger partial charge in [0, 0.05) is 38.8 Å². The quantitative estimate of drug-likeness (QED) is 0.854. The standard InChI is InChI=1S/C16H25N3OS/c1-17-7-3-2-5-14(17)13-18-8-10-19(11-9-18)16(20)15-6-4-12-21-15/h4,6,12,14H,2-3,5,7-11,13H2,1H3. The highest BCUT2D eigenvalue weighted by molar-refractivity contribution is 7.12. The van der Waals surface area contributed by atoms with Gasteiger partial charge in [-0.05, 0) is 37.9 Å². The van der Waals surface area contributed by atoms with Gasteiger partial charge in [-0.25, -0.2) is 0 Å². The van der Waals surface area contributed by atoms with Crippen LogP contribution in [-0.2, 0) is 0 Å². The number of hydrogen-bond donors (Lipinski definition) is 0. The third-order valence-electron chi connectivity index (χ3n) is 4.78. The summed E-state index contributed by atoms with van der Waals surface area (Å²) in [4.78, 5) is 20.2. The zero-order chi connectivity index (χ0) is 14.7. The molecule has 2 fully saturated rings. The Morgan fingerprint density at radius 2 is 2.05 bits per heavy atom. The third kappa shape index (κ3) is 3.65. The van der Waals surface area contributed by atoms with Crippen LogP contribution in [0.4, 0.5) is 0 Å². The van der Waals surface area contributed by atoms with Gasteiger partial charge < -0.3 is 9.80 Å². The second kappa shape index (κ2) is 6.90. The van der Waals surface area contributed by atoms with Crippen LogP contribution in [0.3, 0.4) is 0 Å². The molecule has 2 aliphatic rings. The van der Waals surface area contributed by atoms with Crippen molar-refractivity contribution in [1.29, 1.82) is 0 Å². The summed E-state index contributed by atoms with van der Waals surface area (Å²) in [6.07, 6.45) is 4.03. The molecule has 3 rings (SSSR count). The molecule has 1 amide bonds. The van der Waals surface area contributed by atoms with E-state index in [0.717, 1.165) is 37.6 Å². The highest BCUT2D eigenvalue weighted by Gasteiger charge is 2.26. The fourth-order valence-electron chi connectivity index (χ4n) is 3.36. The molecule has 116 valence electrons. The summed E-state index contributed by atoms with van der Waals surface area (Å²) < 4.78 is 0. The number of carbonyl (C=O) groups excluding carboxylic acids is 1. The maximum atomic E-state index is 12.3. The minimum atomic E-state index is 0.208. The van der Waals surface area contributed by atoms with Crippen LogP contribution in [-0.4, -0.2) is 73.0 Å². The first-order valence-corrected chi connectivity index (χ1v) is 8.87.